The molecule has 0 bridgehead atoms. The molecule has 0 saturated carbocycles. The summed E-state index contributed by atoms with van der Waals surface area (Å²) in [6.07, 6.45) is 3.20. The predicted molar refractivity (Wildman–Crippen MR) is 140 cm³/mol. The van der Waals surface area contributed by atoms with Crippen LogP contribution in [0.1, 0.15) is 27.8 Å². The first-order valence-corrected chi connectivity index (χ1v) is 12.4. The SMILES string of the molecule is CCOC(=O)c1cc(-c2ccc(N3CCN(C(=O)c4ccc(Cl)nc4)CC3)cc2)n(-c2ccccn2)n1. The van der Waals surface area contributed by atoms with Gasteiger partial charge >= 0.3 is 5.97 Å². The Morgan fingerprint density at radius 1 is 0.973 bits per heavy atom. The van der Waals surface area contributed by atoms with E-state index < -0.39 is 5.97 Å². The summed E-state index contributed by atoms with van der Waals surface area (Å²) in [7, 11) is 0. The second-order valence-corrected chi connectivity index (χ2v) is 8.82. The first-order valence-electron chi connectivity index (χ1n) is 12.0. The average Bonchev–Trinajstić information content (AvgIpc) is 3.40. The van der Waals surface area contributed by atoms with Crippen molar-refractivity contribution in [3.8, 4) is 17.1 Å². The van der Waals surface area contributed by atoms with Gasteiger partial charge in [-0.2, -0.15) is 5.10 Å². The van der Waals surface area contributed by atoms with Crippen molar-refractivity contribution in [3.63, 3.8) is 0 Å². The molecule has 188 valence electrons. The van der Waals surface area contributed by atoms with Gasteiger partial charge in [0.25, 0.3) is 5.91 Å². The Kier molecular flexibility index (Phi) is 7.14. The van der Waals surface area contributed by atoms with Crippen molar-refractivity contribution in [2.24, 2.45) is 0 Å². The van der Waals surface area contributed by atoms with Gasteiger partial charge < -0.3 is 14.5 Å². The second kappa shape index (κ2) is 10.8. The zero-order valence-electron chi connectivity index (χ0n) is 20.2. The first-order chi connectivity index (χ1) is 18.0. The fraction of sp³-hybridized carbons (Fsp3) is 0.222. The summed E-state index contributed by atoms with van der Waals surface area (Å²) in [5, 5.41) is 4.83. The maximum atomic E-state index is 12.8. The number of nitrogens with zero attached hydrogens (tertiary/aromatic N) is 6. The van der Waals surface area contributed by atoms with E-state index in [4.69, 9.17) is 16.3 Å². The van der Waals surface area contributed by atoms with Gasteiger partial charge in [0.15, 0.2) is 11.5 Å². The summed E-state index contributed by atoms with van der Waals surface area (Å²) in [4.78, 5) is 37.6. The highest BCUT2D eigenvalue weighted by Crippen LogP contribution is 2.27. The van der Waals surface area contributed by atoms with Crippen LogP contribution >= 0.6 is 11.6 Å². The number of halogens is 1. The Morgan fingerprint density at radius 2 is 1.76 bits per heavy atom. The van der Waals surface area contributed by atoms with Gasteiger partial charge in [-0.25, -0.2) is 19.4 Å². The standard InChI is InChI=1S/C27H25ClN6O3/c1-2-37-27(36)22-17-23(34(31-22)25-5-3-4-12-29-25)19-6-9-21(10-7-19)32-13-15-33(16-14-32)26(35)20-8-11-24(28)30-18-20/h3-12,17-18H,2,13-16H2,1H3. The van der Waals surface area contributed by atoms with E-state index in [1.165, 1.54) is 6.20 Å². The van der Waals surface area contributed by atoms with Crippen LogP contribution in [0.4, 0.5) is 5.69 Å². The molecule has 0 radical (unpaired) electrons. The molecule has 0 atom stereocenters. The third-order valence-electron chi connectivity index (χ3n) is 6.13. The van der Waals surface area contributed by atoms with E-state index in [9.17, 15) is 9.59 Å². The quantitative estimate of drug-likeness (QED) is 0.281. The predicted octanol–water partition coefficient (Wildman–Crippen LogP) is 4.12. The van der Waals surface area contributed by atoms with Gasteiger partial charge in [-0.05, 0) is 49.4 Å². The monoisotopic (exact) mass is 516 g/mol. The topological polar surface area (TPSA) is 93.5 Å². The van der Waals surface area contributed by atoms with Crippen LogP contribution < -0.4 is 4.90 Å². The molecule has 4 heterocycles. The Balaban J connectivity index is 1.32. The molecule has 0 aliphatic carbocycles. The summed E-state index contributed by atoms with van der Waals surface area (Å²) >= 11 is 5.84. The maximum Gasteiger partial charge on any atom is 0.358 e. The summed E-state index contributed by atoms with van der Waals surface area (Å²) in [6.45, 7) is 4.68. The third-order valence-corrected chi connectivity index (χ3v) is 6.35. The molecular formula is C27H25ClN6O3. The number of benzene rings is 1. The van der Waals surface area contributed by atoms with E-state index in [0.29, 0.717) is 42.7 Å². The van der Waals surface area contributed by atoms with Gasteiger partial charge in [-0.15, -0.1) is 0 Å². The van der Waals surface area contributed by atoms with Crippen molar-refractivity contribution >= 4 is 29.2 Å². The zero-order valence-corrected chi connectivity index (χ0v) is 21.0. The lowest BCUT2D eigenvalue weighted by atomic mass is 10.1. The highest BCUT2D eigenvalue weighted by atomic mass is 35.5. The van der Waals surface area contributed by atoms with E-state index in [-0.39, 0.29) is 18.2 Å². The minimum Gasteiger partial charge on any atom is -0.461 e. The molecule has 1 aliphatic rings. The van der Waals surface area contributed by atoms with Crippen molar-refractivity contribution < 1.29 is 14.3 Å². The van der Waals surface area contributed by atoms with Crippen molar-refractivity contribution in [2.45, 2.75) is 6.92 Å². The number of hydrogen-bond donors (Lipinski definition) is 0. The van der Waals surface area contributed by atoms with Gasteiger partial charge in [0.05, 0.1) is 17.9 Å². The smallest absolute Gasteiger partial charge is 0.358 e. The van der Waals surface area contributed by atoms with Crippen LogP contribution in [-0.4, -0.2) is 69.3 Å². The Labute approximate surface area is 219 Å². The van der Waals surface area contributed by atoms with Crippen molar-refractivity contribution in [1.82, 2.24) is 24.6 Å². The maximum absolute atomic E-state index is 12.8. The third kappa shape index (κ3) is 5.31. The van der Waals surface area contributed by atoms with Gasteiger partial charge in [0.1, 0.15) is 5.15 Å². The molecule has 37 heavy (non-hydrogen) atoms. The lowest BCUT2D eigenvalue weighted by Crippen LogP contribution is -2.48. The number of pyridine rings is 2. The minimum absolute atomic E-state index is 0.0423. The summed E-state index contributed by atoms with van der Waals surface area (Å²) in [6, 6.07) is 18.6. The molecule has 1 fully saturated rings. The van der Waals surface area contributed by atoms with Gasteiger partial charge in [-0.3, -0.25) is 4.79 Å². The van der Waals surface area contributed by atoms with Gasteiger partial charge in [0, 0.05) is 49.8 Å². The van der Waals surface area contributed by atoms with Crippen LogP contribution in [-0.2, 0) is 4.74 Å². The Morgan fingerprint density at radius 3 is 2.41 bits per heavy atom. The summed E-state index contributed by atoms with van der Waals surface area (Å²) in [5.41, 5.74) is 3.44. The molecule has 5 rings (SSSR count). The fourth-order valence-electron chi connectivity index (χ4n) is 4.24. The summed E-state index contributed by atoms with van der Waals surface area (Å²) < 4.78 is 6.80. The molecule has 1 aromatic carbocycles. The molecule has 0 spiro atoms. The molecule has 3 aromatic heterocycles. The van der Waals surface area contributed by atoms with Crippen LogP contribution in [0.2, 0.25) is 5.15 Å². The number of carbonyl (C=O) groups is 2. The number of ether oxygens (including phenoxy) is 1. The van der Waals surface area contributed by atoms with Crippen molar-refractivity contribution in [1.29, 1.82) is 0 Å². The average molecular weight is 517 g/mol. The van der Waals surface area contributed by atoms with Crippen LogP contribution in [0.25, 0.3) is 17.1 Å². The molecule has 0 N–H and O–H groups in total. The minimum atomic E-state index is -0.475. The molecular weight excluding hydrogens is 492 g/mol. The largest absolute Gasteiger partial charge is 0.461 e. The van der Waals surface area contributed by atoms with Crippen molar-refractivity contribution in [2.75, 3.05) is 37.7 Å². The van der Waals surface area contributed by atoms with Crippen LogP contribution in [0.15, 0.2) is 73.1 Å². The lowest BCUT2D eigenvalue weighted by molar-refractivity contribution is 0.0518. The number of hydrogen-bond acceptors (Lipinski definition) is 7. The highest BCUT2D eigenvalue weighted by Gasteiger charge is 2.23. The Hall–Kier alpha value is -4.24. The molecule has 4 aromatic rings. The molecule has 9 nitrogen and oxygen atoms in total. The number of carbonyl (C=O) groups excluding carboxylic acids is 2. The number of aromatic nitrogens is 4. The Bertz CT molecular complexity index is 1380. The van der Waals surface area contributed by atoms with E-state index in [1.807, 2.05) is 47.4 Å². The van der Waals surface area contributed by atoms with Crippen LogP contribution in [0, 0.1) is 0 Å². The van der Waals surface area contributed by atoms with Crippen molar-refractivity contribution in [3.05, 3.63) is 89.5 Å². The number of rotatable bonds is 6. The molecule has 10 heteroatoms. The number of piperazine rings is 1. The number of amides is 1. The molecule has 0 unspecified atom stereocenters. The van der Waals surface area contributed by atoms with E-state index in [0.717, 1.165) is 16.9 Å². The van der Waals surface area contributed by atoms with Crippen LogP contribution in [0.3, 0.4) is 0 Å². The van der Waals surface area contributed by atoms with E-state index in [1.54, 1.807) is 36.0 Å². The summed E-state index contributed by atoms with van der Waals surface area (Å²) in [5.74, 6) is 0.0880. The number of anilines is 1. The number of esters is 1. The molecule has 1 amide bonds. The highest BCUT2D eigenvalue weighted by molar-refractivity contribution is 6.29. The molecule has 1 aliphatic heterocycles. The second-order valence-electron chi connectivity index (χ2n) is 8.43. The van der Waals surface area contributed by atoms with Crippen LogP contribution in [0.5, 0.6) is 0 Å². The van der Waals surface area contributed by atoms with E-state index in [2.05, 4.69) is 20.0 Å². The lowest BCUT2D eigenvalue weighted by Gasteiger charge is -2.36. The first kappa shape index (κ1) is 24.5. The zero-order chi connectivity index (χ0) is 25.8. The van der Waals surface area contributed by atoms with Gasteiger partial charge in [-0.1, -0.05) is 29.8 Å². The van der Waals surface area contributed by atoms with Gasteiger partial charge in [0.2, 0.25) is 0 Å². The normalized spacial score (nSPS) is 13.5. The fourth-order valence-corrected chi connectivity index (χ4v) is 4.35. The molecule has 1 saturated heterocycles. The van der Waals surface area contributed by atoms with E-state index >= 15 is 0 Å².